The van der Waals surface area contributed by atoms with E-state index in [0.29, 0.717) is 17.8 Å². The van der Waals surface area contributed by atoms with Crippen molar-refractivity contribution in [1.29, 1.82) is 0 Å². The number of primary amides is 1. The van der Waals surface area contributed by atoms with Crippen molar-refractivity contribution >= 4 is 17.8 Å². The summed E-state index contributed by atoms with van der Waals surface area (Å²) in [5.74, 6) is -0.233. The number of aryl methyl sites for hydroxylation is 1. The summed E-state index contributed by atoms with van der Waals surface area (Å²) in [5.41, 5.74) is 9.56. The molecule has 0 aliphatic heterocycles. The van der Waals surface area contributed by atoms with Crippen molar-refractivity contribution in [1.82, 2.24) is 15.3 Å². The van der Waals surface area contributed by atoms with Gasteiger partial charge in [0.15, 0.2) is 5.82 Å². The molecule has 0 atom stereocenters. The molecule has 1 heterocycles. The fourth-order valence-electron chi connectivity index (χ4n) is 4.94. The number of carbonyl (C=O) groups is 3. The van der Waals surface area contributed by atoms with E-state index in [1.54, 1.807) is 12.1 Å². The Kier molecular flexibility index (Phi) is 14.7. The van der Waals surface area contributed by atoms with E-state index in [-0.39, 0.29) is 23.7 Å². The average molecular weight is 681 g/mol. The normalized spacial score (nSPS) is 11.2. The number of ether oxygens (including phenoxy) is 1. The number of aliphatic carboxylic acids is 1. The van der Waals surface area contributed by atoms with E-state index in [2.05, 4.69) is 43.0 Å². The molecule has 0 bridgehead atoms. The van der Waals surface area contributed by atoms with Crippen LogP contribution in [0.25, 0.3) is 22.5 Å². The van der Waals surface area contributed by atoms with Gasteiger partial charge in [0.05, 0.1) is 6.61 Å². The molecular weight excluding hydrogens is 628 g/mol. The second-order valence-corrected chi connectivity index (χ2v) is 13.9. The van der Waals surface area contributed by atoms with Gasteiger partial charge in [-0.2, -0.15) is 0 Å². The van der Waals surface area contributed by atoms with Crippen LogP contribution in [0.4, 0.5) is 0 Å². The molecule has 50 heavy (non-hydrogen) atoms. The number of rotatable bonds is 15. The van der Waals surface area contributed by atoms with Crippen LogP contribution < -0.4 is 15.8 Å². The summed E-state index contributed by atoms with van der Waals surface area (Å²) in [5, 5.41) is 11.7. The van der Waals surface area contributed by atoms with E-state index in [4.69, 9.17) is 15.6 Å². The van der Waals surface area contributed by atoms with Crippen LogP contribution in [0.3, 0.4) is 0 Å². The predicted molar refractivity (Wildman–Crippen MR) is 199 cm³/mol. The number of nitrogens with two attached hydrogens (primary N) is 1. The Labute approximate surface area is 296 Å². The zero-order chi connectivity index (χ0) is 36.7. The lowest BCUT2D eigenvalue weighted by atomic mass is 9.87. The number of nitrogens with zero attached hydrogens (tertiary/aromatic N) is 2. The maximum Gasteiger partial charge on any atom is 0.328 e. The maximum absolute atomic E-state index is 12.1. The quantitative estimate of drug-likeness (QED) is 0.107. The Morgan fingerprint density at radius 3 is 1.88 bits per heavy atom. The minimum Gasteiger partial charge on any atom is -0.494 e. The fourth-order valence-corrected chi connectivity index (χ4v) is 4.94. The van der Waals surface area contributed by atoms with E-state index in [0.717, 1.165) is 41.0 Å². The van der Waals surface area contributed by atoms with Crippen LogP contribution in [0.2, 0.25) is 0 Å². The summed E-state index contributed by atoms with van der Waals surface area (Å²) in [6, 6.07) is 23.2. The highest BCUT2D eigenvalue weighted by Gasteiger charge is 2.28. The van der Waals surface area contributed by atoms with E-state index in [1.807, 2.05) is 73.1 Å². The fraction of sp³-hybridized carbons (Fsp3) is 0.390. The summed E-state index contributed by atoms with van der Waals surface area (Å²) < 4.78 is 5.85. The van der Waals surface area contributed by atoms with Crippen LogP contribution in [-0.4, -0.2) is 45.0 Å². The van der Waals surface area contributed by atoms with Crippen LogP contribution in [0.5, 0.6) is 5.75 Å². The Hall–Kier alpha value is -5.05. The molecular formula is C41H52N4O5. The number of carboxylic acid groups (broad SMARTS) is 1. The van der Waals surface area contributed by atoms with E-state index >= 15 is 0 Å². The molecule has 0 aliphatic carbocycles. The molecule has 0 saturated carbocycles. The number of nitrogens with one attached hydrogen (secondary N) is 1. The first-order valence-electron chi connectivity index (χ1n) is 17.3. The van der Waals surface area contributed by atoms with E-state index in [1.165, 1.54) is 45.1 Å². The highest BCUT2D eigenvalue weighted by atomic mass is 16.5. The third-order valence-electron chi connectivity index (χ3n) is 8.23. The molecule has 4 aromatic rings. The minimum atomic E-state index is -1.28. The molecule has 2 amide bonds. The van der Waals surface area contributed by atoms with Crippen molar-refractivity contribution in [2.24, 2.45) is 5.73 Å². The average Bonchev–Trinajstić information content (AvgIpc) is 3.09. The summed E-state index contributed by atoms with van der Waals surface area (Å²) in [7, 11) is 0. The van der Waals surface area contributed by atoms with Crippen LogP contribution >= 0.6 is 0 Å². The second-order valence-electron chi connectivity index (χ2n) is 13.9. The molecule has 0 spiro atoms. The number of hydrogen-bond acceptors (Lipinski definition) is 6. The van der Waals surface area contributed by atoms with Crippen LogP contribution in [-0.2, 0) is 21.4 Å². The van der Waals surface area contributed by atoms with Gasteiger partial charge >= 0.3 is 5.97 Å². The molecule has 0 aliphatic rings. The van der Waals surface area contributed by atoms with Crippen LogP contribution in [0, 0.1) is 0 Å². The van der Waals surface area contributed by atoms with Gasteiger partial charge in [0, 0.05) is 35.5 Å². The molecule has 4 rings (SSSR count). The molecule has 0 radical (unpaired) electrons. The van der Waals surface area contributed by atoms with Crippen molar-refractivity contribution in [3.05, 3.63) is 102 Å². The van der Waals surface area contributed by atoms with Gasteiger partial charge in [-0.05, 0) is 73.1 Å². The van der Waals surface area contributed by atoms with Gasteiger partial charge in [0.25, 0.3) is 0 Å². The topological polar surface area (TPSA) is 144 Å². The molecule has 0 fully saturated rings. The first-order chi connectivity index (χ1) is 23.7. The molecule has 1 aromatic heterocycles. The Bertz CT molecular complexity index is 1660. The molecule has 266 valence electrons. The first-order valence-corrected chi connectivity index (χ1v) is 17.3. The number of amides is 2. The molecule has 3 aromatic carbocycles. The summed E-state index contributed by atoms with van der Waals surface area (Å²) >= 11 is 0. The lowest BCUT2D eigenvalue weighted by molar-refractivity contribution is -0.146. The van der Waals surface area contributed by atoms with Gasteiger partial charge in [-0.15, -0.1) is 0 Å². The van der Waals surface area contributed by atoms with Gasteiger partial charge in [-0.25, -0.2) is 14.8 Å². The molecule has 4 N–H and O–H groups in total. The lowest BCUT2D eigenvalue weighted by Crippen LogP contribution is -2.49. The standard InChI is InChI=1S/C30H37N3O4.C11H15NO/c1-4-5-6-7-8-19-37-26-16-14-23(15-17-26)25-20-31-28(32-21-25)24-12-9-22(10-13-24)11-18-27(34)33-30(2,3)29(35)36;1-11(2,3)9-6-4-8(5-7-9)10(12)13/h9-10,12-17,20-21H,4-8,11,18-19H2,1-3H3,(H,33,34)(H,35,36);4-7H,1-3H3,(H2,12,13). The zero-order valence-electron chi connectivity index (χ0n) is 30.3. The second kappa shape index (κ2) is 18.6. The zero-order valence-corrected chi connectivity index (χ0v) is 30.3. The van der Waals surface area contributed by atoms with Gasteiger partial charge < -0.3 is 20.9 Å². The number of benzene rings is 3. The van der Waals surface area contributed by atoms with Crippen molar-refractivity contribution in [2.45, 2.75) is 97.4 Å². The highest BCUT2D eigenvalue weighted by molar-refractivity contribution is 5.92. The number of carboxylic acids is 1. The van der Waals surface area contributed by atoms with Crippen molar-refractivity contribution < 1.29 is 24.2 Å². The van der Waals surface area contributed by atoms with E-state index in [9.17, 15) is 14.4 Å². The molecule has 9 heteroatoms. The van der Waals surface area contributed by atoms with Gasteiger partial charge in [-0.1, -0.05) is 102 Å². The monoisotopic (exact) mass is 680 g/mol. The molecule has 0 saturated heterocycles. The summed E-state index contributed by atoms with van der Waals surface area (Å²) in [4.78, 5) is 43.1. The van der Waals surface area contributed by atoms with Crippen molar-refractivity contribution in [3.8, 4) is 28.3 Å². The third-order valence-corrected chi connectivity index (χ3v) is 8.23. The van der Waals surface area contributed by atoms with Crippen LogP contribution in [0.1, 0.15) is 102 Å². The van der Waals surface area contributed by atoms with Crippen LogP contribution in [0.15, 0.2) is 85.2 Å². The van der Waals surface area contributed by atoms with Gasteiger partial charge in [0.1, 0.15) is 11.3 Å². The SMILES string of the molecule is CC(C)(C)c1ccc(C(N)=O)cc1.CCCCCCCOc1ccc(-c2cnc(-c3ccc(CCC(=O)NC(C)(C)C(=O)O)cc3)nc2)cc1. The van der Waals surface area contributed by atoms with E-state index < -0.39 is 11.5 Å². The number of unbranched alkanes of at least 4 members (excludes halogenated alkanes) is 4. The maximum atomic E-state index is 12.1. The molecule has 0 unspecified atom stereocenters. The van der Waals surface area contributed by atoms with Gasteiger partial charge in [0.2, 0.25) is 11.8 Å². The number of hydrogen-bond donors (Lipinski definition) is 3. The summed E-state index contributed by atoms with van der Waals surface area (Å²) in [6.07, 6.45) is 10.5. The predicted octanol–water partition coefficient (Wildman–Crippen LogP) is 8.15. The third kappa shape index (κ3) is 12.8. The van der Waals surface area contributed by atoms with Crippen molar-refractivity contribution in [2.75, 3.05) is 6.61 Å². The first kappa shape index (κ1) is 39.4. The number of carbonyl (C=O) groups excluding carboxylic acids is 2. The van der Waals surface area contributed by atoms with Crippen molar-refractivity contribution in [3.63, 3.8) is 0 Å². The summed E-state index contributed by atoms with van der Waals surface area (Å²) in [6.45, 7) is 12.3. The Balaban J connectivity index is 0.000000436. The lowest BCUT2D eigenvalue weighted by Gasteiger charge is -2.20. The van der Waals surface area contributed by atoms with Gasteiger partial charge in [-0.3, -0.25) is 9.59 Å². The molecule has 9 nitrogen and oxygen atoms in total. The number of aromatic nitrogens is 2. The highest BCUT2D eigenvalue weighted by Crippen LogP contribution is 2.24. The Morgan fingerprint density at radius 2 is 1.34 bits per heavy atom. The minimum absolute atomic E-state index is 0.121. The largest absolute Gasteiger partial charge is 0.494 e. The Morgan fingerprint density at radius 1 is 0.760 bits per heavy atom. The smallest absolute Gasteiger partial charge is 0.328 e.